The van der Waals surface area contributed by atoms with Crippen molar-refractivity contribution in [2.75, 3.05) is 12.5 Å². The summed E-state index contributed by atoms with van der Waals surface area (Å²) in [6, 6.07) is 36.0. The number of nitrogens with one attached hydrogen (secondary N) is 1. The predicted octanol–water partition coefficient (Wildman–Crippen LogP) is 7.86. The van der Waals surface area contributed by atoms with Crippen molar-refractivity contribution in [1.82, 2.24) is 14.5 Å². The van der Waals surface area contributed by atoms with Gasteiger partial charge in [0.2, 0.25) is 0 Å². The van der Waals surface area contributed by atoms with Crippen molar-refractivity contribution < 1.29 is 4.74 Å². The molecule has 0 radical (unpaired) electrons. The molecule has 0 aliphatic rings. The van der Waals surface area contributed by atoms with Crippen molar-refractivity contribution >= 4 is 34.7 Å². The molecule has 39 heavy (non-hydrogen) atoms. The molecule has 0 unspecified atom stereocenters. The van der Waals surface area contributed by atoms with Crippen LogP contribution in [0.5, 0.6) is 5.75 Å². The zero-order valence-electron chi connectivity index (χ0n) is 21.1. The molecule has 4 aromatic carbocycles. The molecule has 0 aliphatic carbocycles. The second kappa shape index (κ2) is 10.8. The zero-order chi connectivity index (χ0) is 26.6. The fourth-order valence-corrected chi connectivity index (χ4v) is 4.86. The van der Waals surface area contributed by atoms with E-state index in [0.29, 0.717) is 10.8 Å². The number of hydrazone groups is 1. The van der Waals surface area contributed by atoms with Gasteiger partial charge in [-0.3, -0.25) is 9.99 Å². The average molecular weight is 530 g/mol. The zero-order valence-corrected chi connectivity index (χ0v) is 21.9. The number of halogens is 1. The summed E-state index contributed by atoms with van der Waals surface area (Å²) in [6.45, 7) is 0. The van der Waals surface area contributed by atoms with E-state index in [-0.39, 0.29) is 0 Å². The van der Waals surface area contributed by atoms with Crippen LogP contribution in [0.3, 0.4) is 0 Å². The SMILES string of the molecule is COc1ccc(/C=N/Nc2ncnc3c2c(-c2ccccc2)c(-c2ccccc2)n3-c2cccc(Cl)c2)cc1. The normalized spacial score (nSPS) is 11.2. The Morgan fingerprint density at radius 3 is 2.23 bits per heavy atom. The standard InChI is InChI=1S/C32H24ClN5O/c1-39-27-17-15-22(16-18-27)20-36-37-31-29-28(23-9-4-2-5-10-23)30(24-11-6-3-7-12-24)38(32(29)35-21-34-31)26-14-8-13-25(33)19-26/h2-21H,1H3,(H,34,35,37)/b36-20+. The topological polar surface area (TPSA) is 64.3 Å². The van der Waals surface area contributed by atoms with Crippen LogP contribution in [-0.4, -0.2) is 27.9 Å². The third-order valence-electron chi connectivity index (χ3n) is 6.43. The summed E-state index contributed by atoms with van der Waals surface area (Å²) < 4.78 is 7.39. The second-order valence-electron chi connectivity index (χ2n) is 8.83. The van der Waals surface area contributed by atoms with E-state index in [0.717, 1.165) is 50.4 Å². The minimum atomic E-state index is 0.599. The van der Waals surface area contributed by atoms with Crippen molar-refractivity contribution in [3.8, 4) is 33.8 Å². The molecule has 6 nitrogen and oxygen atoms in total. The molecule has 0 atom stereocenters. The van der Waals surface area contributed by atoms with E-state index in [1.54, 1.807) is 19.7 Å². The molecule has 0 amide bonds. The van der Waals surface area contributed by atoms with Crippen LogP contribution in [-0.2, 0) is 0 Å². The lowest BCUT2D eigenvalue weighted by Gasteiger charge is -2.13. The van der Waals surface area contributed by atoms with Gasteiger partial charge in [0.1, 0.15) is 12.1 Å². The van der Waals surface area contributed by atoms with Crippen LogP contribution in [0, 0.1) is 0 Å². The van der Waals surface area contributed by atoms with Crippen molar-refractivity contribution in [2.24, 2.45) is 5.10 Å². The van der Waals surface area contributed by atoms with Gasteiger partial charge in [0.25, 0.3) is 0 Å². The summed E-state index contributed by atoms with van der Waals surface area (Å²) in [7, 11) is 1.65. The quantitative estimate of drug-likeness (QED) is 0.169. The van der Waals surface area contributed by atoms with Crippen LogP contribution in [0.2, 0.25) is 5.02 Å². The van der Waals surface area contributed by atoms with Crippen molar-refractivity contribution in [3.05, 3.63) is 126 Å². The summed E-state index contributed by atoms with van der Waals surface area (Å²) >= 11 is 6.46. The van der Waals surface area contributed by atoms with Crippen molar-refractivity contribution in [2.45, 2.75) is 0 Å². The minimum Gasteiger partial charge on any atom is -0.497 e. The predicted molar refractivity (Wildman–Crippen MR) is 159 cm³/mol. The number of ether oxygens (including phenoxy) is 1. The second-order valence-corrected chi connectivity index (χ2v) is 9.27. The maximum atomic E-state index is 6.46. The molecular formula is C32H24ClN5O. The Morgan fingerprint density at radius 1 is 0.821 bits per heavy atom. The fourth-order valence-electron chi connectivity index (χ4n) is 4.68. The monoisotopic (exact) mass is 529 g/mol. The number of aromatic nitrogens is 3. The molecule has 1 N–H and O–H groups in total. The highest BCUT2D eigenvalue weighted by Crippen LogP contribution is 2.44. The Hall–Kier alpha value is -4.94. The number of hydrogen-bond acceptors (Lipinski definition) is 5. The highest BCUT2D eigenvalue weighted by molar-refractivity contribution is 6.30. The van der Waals surface area contributed by atoms with Crippen LogP contribution in [0.15, 0.2) is 121 Å². The van der Waals surface area contributed by atoms with Gasteiger partial charge in [-0.2, -0.15) is 5.10 Å². The third kappa shape index (κ3) is 4.85. The molecule has 0 fully saturated rings. The van der Waals surface area contributed by atoms with Gasteiger partial charge < -0.3 is 4.74 Å². The highest BCUT2D eigenvalue weighted by Gasteiger charge is 2.25. The number of rotatable bonds is 7. The van der Waals surface area contributed by atoms with Gasteiger partial charge in [-0.1, -0.05) is 78.3 Å². The Kier molecular flexibility index (Phi) is 6.76. The molecule has 6 aromatic rings. The first-order valence-electron chi connectivity index (χ1n) is 12.4. The third-order valence-corrected chi connectivity index (χ3v) is 6.66. The first-order valence-corrected chi connectivity index (χ1v) is 12.8. The van der Waals surface area contributed by atoms with Gasteiger partial charge in [-0.05, 0) is 59.2 Å². The van der Waals surface area contributed by atoms with E-state index in [2.05, 4.69) is 44.3 Å². The lowest BCUT2D eigenvalue weighted by atomic mass is 9.99. The van der Waals surface area contributed by atoms with E-state index in [4.69, 9.17) is 21.3 Å². The Balaban J connectivity index is 1.60. The molecular weight excluding hydrogens is 506 g/mol. The Labute approximate surface area is 231 Å². The lowest BCUT2D eigenvalue weighted by molar-refractivity contribution is 0.415. The number of methoxy groups -OCH3 is 1. The first-order chi connectivity index (χ1) is 19.2. The number of benzene rings is 4. The largest absolute Gasteiger partial charge is 0.497 e. The van der Waals surface area contributed by atoms with Crippen LogP contribution in [0.4, 0.5) is 5.82 Å². The maximum absolute atomic E-state index is 6.46. The Bertz CT molecular complexity index is 1760. The molecule has 6 rings (SSSR count). The van der Waals surface area contributed by atoms with Crippen LogP contribution in [0.1, 0.15) is 5.56 Å². The van der Waals surface area contributed by atoms with Crippen molar-refractivity contribution in [3.63, 3.8) is 0 Å². The lowest BCUT2D eigenvalue weighted by Crippen LogP contribution is -2.00. The van der Waals surface area contributed by atoms with Gasteiger partial charge in [0.05, 0.1) is 24.4 Å². The number of fused-ring (bicyclic) bond motifs is 1. The summed E-state index contributed by atoms with van der Waals surface area (Å²) in [4.78, 5) is 9.38. The van der Waals surface area contributed by atoms with Gasteiger partial charge in [0.15, 0.2) is 11.5 Å². The molecule has 0 aliphatic heterocycles. The van der Waals surface area contributed by atoms with Crippen LogP contribution in [0.25, 0.3) is 39.1 Å². The van der Waals surface area contributed by atoms with Gasteiger partial charge in [0, 0.05) is 16.3 Å². The molecule has 190 valence electrons. The highest BCUT2D eigenvalue weighted by atomic mass is 35.5. The van der Waals surface area contributed by atoms with E-state index in [9.17, 15) is 0 Å². The molecule has 0 spiro atoms. The number of hydrogen-bond donors (Lipinski definition) is 1. The summed E-state index contributed by atoms with van der Waals surface area (Å²) in [5, 5.41) is 6.01. The fraction of sp³-hybridized carbons (Fsp3) is 0.0312. The van der Waals surface area contributed by atoms with Gasteiger partial charge in [-0.25, -0.2) is 9.97 Å². The molecule has 2 aromatic heterocycles. The van der Waals surface area contributed by atoms with Crippen LogP contribution < -0.4 is 10.2 Å². The number of nitrogens with zero attached hydrogens (tertiary/aromatic N) is 4. The smallest absolute Gasteiger partial charge is 0.159 e. The van der Waals surface area contributed by atoms with Crippen molar-refractivity contribution in [1.29, 1.82) is 0 Å². The summed E-state index contributed by atoms with van der Waals surface area (Å²) in [5.74, 6) is 1.39. The molecule has 2 heterocycles. The molecule has 0 saturated heterocycles. The first kappa shape index (κ1) is 24.4. The van der Waals surface area contributed by atoms with Crippen LogP contribution >= 0.6 is 11.6 Å². The minimum absolute atomic E-state index is 0.599. The molecule has 0 bridgehead atoms. The van der Waals surface area contributed by atoms with Gasteiger partial charge in [-0.15, -0.1) is 0 Å². The summed E-state index contributed by atoms with van der Waals surface area (Å²) in [6.07, 6.45) is 3.31. The average Bonchev–Trinajstić information content (AvgIpc) is 3.34. The maximum Gasteiger partial charge on any atom is 0.159 e. The Morgan fingerprint density at radius 2 is 1.54 bits per heavy atom. The van der Waals surface area contributed by atoms with Gasteiger partial charge >= 0.3 is 0 Å². The molecule has 0 saturated carbocycles. The van der Waals surface area contributed by atoms with E-state index in [1.165, 1.54) is 0 Å². The molecule has 7 heteroatoms. The van der Waals surface area contributed by atoms with E-state index in [1.807, 2.05) is 84.9 Å². The number of anilines is 1. The summed E-state index contributed by atoms with van der Waals surface area (Å²) in [5.41, 5.74) is 9.82. The van der Waals surface area contributed by atoms with E-state index < -0.39 is 0 Å². The van der Waals surface area contributed by atoms with E-state index >= 15 is 0 Å².